The van der Waals surface area contributed by atoms with Crippen LogP contribution in [0, 0.1) is 0 Å². The van der Waals surface area contributed by atoms with Crippen LogP contribution in [-0.2, 0) is 22.2 Å². The number of hydrogen-bond donors (Lipinski definition) is 0. The summed E-state index contributed by atoms with van der Waals surface area (Å²) in [5.41, 5.74) is 7.49. The first-order chi connectivity index (χ1) is 16.3. The van der Waals surface area contributed by atoms with Gasteiger partial charge in [-0.05, 0) is 103 Å². The Bertz CT molecular complexity index is 1610. The molecule has 7 rings (SSSR count). The third-order valence-corrected chi connectivity index (χ3v) is 8.23. The Labute approximate surface area is 199 Å². The van der Waals surface area contributed by atoms with Gasteiger partial charge in [0.25, 0.3) is 0 Å². The lowest BCUT2D eigenvalue weighted by atomic mass is 9.75. The summed E-state index contributed by atoms with van der Waals surface area (Å²) < 4.78 is 19.1. The van der Waals surface area contributed by atoms with Crippen LogP contribution in [0.2, 0.25) is 0 Å². The maximum absolute atomic E-state index is 6.38. The van der Waals surface area contributed by atoms with Crippen LogP contribution < -0.4 is 5.46 Å². The van der Waals surface area contributed by atoms with E-state index in [0.717, 1.165) is 34.0 Å². The molecule has 0 saturated carbocycles. The standard InChI is InChI=1S/C30H27BO3/c1-29(2)30(3,4)34-31(33-29)26-14-13-21(22-7-5-6-8-23(22)26)20-11-12-24-25-15-18-9-10-19(18)16-28(25)32-27(24)17-20/h5-8,11-17H,9-10H2,1-4H3. The van der Waals surface area contributed by atoms with Crippen molar-refractivity contribution in [3.8, 4) is 11.1 Å². The summed E-state index contributed by atoms with van der Waals surface area (Å²) in [4.78, 5) is 0. The Morgan fingerprint density at radius 1 is 0.647 bits per heavy atom. The van der Waals surface area contributed by atoms with E-state index in [0.29, 0.717) is 0 Å². The Morgan fingerprint density at radius 2 is 1.32 bits per heavy atom. The minimum atomic E-state index is -0.389. The molecule has 0 amide bonds. The predicted octanol–water partition coefficient (Wildman–Crippen LogP) is 6.80. The van der Waals surface area contributed by atoms with Crippen molar-refractivity contribution in [2.45, 2.75) is 51.7 Å². The van der Waals surface area contributed by atoms with Gasteiger partial charge in [-0.15, -0.1) is 0 Å². The Balaban J connectivity index is 1.36. The second-order valence-electron chi connectivity index (χ2n) is 10.8. The molecule has 168 valence electrons. The minimum Gasteiger partial charge on any atom is -0.456 e. The van der Waals surface area contributed by atoms with Crippen molar-refractivity contribution in [1.29, 1.82) is 0 Å². The molecule has 0 bridgehead atoms. The zero-order valence-corrected chi connectivity index (χ0v) is 20.1. The lowest BCUT2D eigenvalue weighted by Gasteiger charge is -2.32. The predicted molar refractivity (Wildman–Crippen MR) is 140 cm³/mol. The van der Waals surface area contributed by atoms with Gasteiger partial charge in [0.2, 0.25) is 0 Å². The molecule has 2 aliphatic rings. The maximum Gasteiger partial charge on any atom is 0.495 e. The van der Waals surface area contributed by atoms with E-state index < -0.39 is 0 Å². The molecule has 4 heteroatoms. The number of fused-ring (bicyclic) bond motifs is 5. The highest BCUT2D eigenvalue weighted by Gasteiger charge is 2.52. The van der Waals surface area contributed by atoms with Gasteiger partial charge in [0.05, 0.1) is 11.2 Å². The second kappa shape index (κ2) is 6.75. The molecule has 34 heavy (non-hydrogen) atoms. The van der Waals surface area contributed by atoms with Crippen molar-refractivity contribution in [1.82, 2.24) is 0 Å². The van der Waals surface area contributed by atoms with Gasteiger partial charge in [-0.25, -0.2) is 0 Å². The molecule has 1 aromatic heterocycles. The number of benzene rings is 4. The van der Waals surface area contributed by atoms with Gasteiger partial charge in [-0.2, -0.15) is 0 Å². The maximum atomic E-state index is 6.38. The Kier molecular flexibility index (Phi) is 4.03. The number of aryl methyl sites for hydroxylation is 2. The van der Waals surface area contributed by atoms with Crippen molar-refractivity contribution in [3.63, 3.8) is 0 Å². The normalized spacial score (nSPS) is 18.5. The van der Waals surface area contributed by atoms with Gasteiger partial charge in [0.1, 0.15) is 11.2 Å². The molecular weight excluding hydrogens is 419 g/mol. The molecular formula is C30H27BO3. The van der Waals surface area contributed by atoms with E-state index in [1.54, 1.807) is 0 Å². The SMILES string of the molecule is CC1(C)OB(c2ccc(-c3ccc4c(c3)oc3cc5c(cc34)CC5)c3ccccc23)OC1(C)C. The molecule has 0 radical (unpaired) electrons. The summed E-state index contributed by atoms with van der Waals surface area (Å²) in [6.07, 6.45) is 2.34. The fraction of sp³-hybridized carbons (Fsp3) is 0.267. The van der Waals surface area contributed by atoms with Crippen LogP contribution in [0.25, 0.3) is 43.8 Å². The summed E-state index contributed by atoms with van der Waals surface area (Å²) in [5, 5.41) is 4.75. The first kappa shape index (κ1) is 20.3. The quantitative estimate of drug-likeness (QED) is 0.280. The number of furan rings is 1. The smallest absolute Gasteiger partial charge is 0.456 e. The average molecular weight is 446 g/mol. The van der Waals surface area contributed by atoms with Crippen LogP contribution in [0.4, 0.5) is 0 Å². The molecule has 0 atom stereocenters. The fourth-order valence-corrected chi connectivity index (χ4v) is 5.38. The van der Waals surface area contributed by atoms with Crippen LogP contribution in [0.15, 0.2) is 71.1 Å². The van der Waals surface area contributed by atoms with Crippen molar-refractivity contribution in [2.75, 3.05) is 0 Å². The molecule has 1 fully saturated rings. The third kappa shape index (κ3) is 2.79. The zero-order chi connectivity index (χ0) is 23.2. The molecule has 0 unspecified atom stereocenters. The summed E-state index contributed by atoms with van der Waals surface area (Å²) in [6, 6.07) is 24.0. The van der Waals surface area contributed by atoms with Crippen molar-refractivity contribution >= 4 is 45.3 Å². The van der Waals surface area contributed by atoms with Crippen LogP contribution in [-0.4, -0.2) is 18.3 Å². The van der Waals surface area contributed by atoms with E-state index >= 15 is 0 Å². The van der Waals surface area contributed by atoms with E-state index in [-0.39, 0.29) is 18.3 Å². The Hall–Kier alpha value is -3.08. The van der Waals surface area contributed by atoms with E-state index in [4.69, 9.17) is 13.7 Å². The molecule has 4 aromatic carbocycles. The third-order valence-electron chi connectivity index (χ3n) is 8.23. The van der Waals surface area contributed by atoms with Crippen LogP contribution >= 0.6 is 0 Å². The van der Waals surface area contributed by atoms with Crippen molar-refractivity contribution in [3.05, 3.63) is 77.9 Å². The van der Waals surface area contributed by atoms with Gasteiger partial charge in [-0.1, -0.05) is 42.5 Å². The largest absolute Gasteiger partial charge is 0.495 e. The van der Waals surface area contributed by atoms with E-state index in [2.05, 4.69) is 94.4 Å². The monoisotopic (exact) mass is 446 g/mol. The van der Waals surface area contributed by atoms with Crippen LogP contribution in [0.1, 0.15) is 38.8 Å². The van der Waals surface area contributed by atoms with Crippen LogP contribution in [0.5, 0.6) is 0 Å². The van der Waals surface area contributed by atoms with Crippen molar-refractivity contribution < 1.29 is 13.7 Å². The lowest BCUT2D eigenvalue weighted by molar-refractivity contribution is 0.00578. The zero-order valence-electron chi connectivity index (χ0n) is 20.1. The van der Waals surface area contributed by atoms with E-state index in [1.165, 1.54) is 39.3 Å². The highest BCUT2D eigenvalue weighted by atomic mass is 16.7. The second-order valence-corrected chi connectivity index (χ2v) is 10.8. The van der Waals surface area contributed by atoms with Gasteiger partial charge in [0, 0.05) is 10.8 Å². The summed E-state index contributed by atoms with van der Waals surface area (Å²) in [6.45, 7) is 8.39. The van der Waals surface area contributed by atoms with Crippen LogP contribution in [0.3, 0.4) is 0 Å². The first-order valence-corrected chi connectivity index (χ1v) is 12.2. The molecule has 2 heterocycles. The minimum absolute atomic E-state index is 0.370. The van der Waals surface area contributed by atoms with Gasteiger partial charge in [0.15, 0.2) is 0 Å². The average Bonchev–Trinajstić information content (AvgIpc) is 3.25. The molecule has 5 aromatic rings. The fourth-order valence-electron chi connectivity index (χ4n) is 5.38. The lowest BCUT2D eigenvalue weighted by Crippen LogP contribution is -2.41. The van der Waals surface area contributed by atoms with Gasteiger partial charge in [-0.3, -0.25) is 0 Å². The summed E-state index contributed by atoms with van der Waals surface area (Å²) >= 11 is 0. The van der Waals surface area contributed by atoms with Gasteiger partial charge >= 0.3 is 7.12 Å². The summed E-state index contributed by atoms with van der Waals surface area (Å²) in [5.74, 6) is 0. The molecule has 1 aliphatic carbocycles. The Morgan fingerprint density at radius 3 is 2.06 bits per heavy atom. The molecule has 3 nitrogen and oxygen atoms in total. The molecule has 1 aliphatic heterocycles. The number of hydrogen-bond acceptors (Lipinski definition) is 3. The molecule has 1 saturated heterocycles. The first-order valence-electron chi connectivity index (χ1n) is 12.2. The van der Waals surface area contributed by atoms with Crippen molar-refractivity contribution in [2.24, 2.45) is 0 Å². The van der Waals surface area contributed by atoms with E-state index in [9.17, 15) is 0 Å². The van der Waals surface area contributed by atoms with Gasteiger partial charge < -0.3 is 13.7 Å². The highest BCUT2D eigenvalue weighted by Crippen LogP contribution is 2.39. The molecule has 0 N–H and O–H groups in total. The molecule has 0 spiro atoms. The topological polar surface area (TPSA) is 31.6 Å². The number of rotatable bonds is 2. The highest BCUT2D eigenvalue weighted by molar-refractivity contribution is 6.65. The summed E-state index contributed by atoms with van der Waals surface area (Å²) in [7, 11) is -0.389. The van der Waals surface area contributed by atoms with E-state index in [1.807, 2.05) is 0 Å².